The minimum absolute atomic E-state index is 0.0649. The highest BCUT2D eigenvalue weighted by molar-refractivity contribution is 6.01. The first kappa shape index (κ1) is 35.8. The van der Waals surface area contributed by atoms with Crippen LogP contribution in [0.1, 0.15) is 90.0 Å². The molecule has 49 heavy (non-hydrogen) atoms. The highest BCUT2D eigenvalue weighted by Crippen LogP contribution is 2.29. The second-order valence-corrected chi connectivity index (χ2v) is 12.9. The summed E-state index contributed by atoms with van der Waals surface area (Å²) >= 11 is 0. The van der Waals surface area contributed by atoms with Crippen LogP contribution in [0.5, 0.6) is 0 Å². The van der Waals surface area contributed by atoms with Gasteiger partial charge in [0.25, 0.3) is 11.8 Å². The number of amides is 3. The summed E-state index contributed by atoms with van der Waals surface area (Å²) in [5, 5.41) is 18.1. The van der Waals surface area contributed by atoms with Gasteiger partial charge in [0.2, 0.25) is 5.91 Å². The maximum Gasteiger partial charge on any atom is 0.274 e. The summed E-state index contributed by atoms with van der Waals surface area (Å²) in [6, 6.07) is 14.5. The zero-order chi connectivity index (χ0) is 34.9. The molecule has 2 atom stereocenters. The largest absolute Gasteiger partial charge is 0.394 e. The normalized spacial score (nSPS) is 17.0. The van der Waals surface area contributed by atoms with E-state index in [0.29, 0.717) is 54.4 Å². The number of aliphatic hydroxyl groups excluding tert-OH is 1. The molecule has 2 N–H and O–H groups in total. The van der Waals surface area contributed by atoms with E-state index in [1.165, 1.54) is 0 Å². The van der Waals surface area contributed by atoms with Crippen LogP contribution in [0.25, 0.3) is 5.69 Å². The van der Waals surface area contributed by atoms with Crippen molar-refractivity contribution in [3.8, 4) is 5.69 Å². The van der Waals surface area contributed by atoms with Crippen LogP contribution in [-0.2, 0) is 22.5 Å². The molecule has 0 saturated carbocycles. The number of hydrogen-bond acceptors (Lipinski definition) is 6. The van der Waals surface area contributed by atoms with E-state index in [0.717, 1.165) is 48.8 Å². The topological polar surface area (TPSA) is 117 Å². The maximum absolute atomic E-state index is 14.5. The molecule has 10 heteroatoms. The van der Waals surface area contributed by atoms with Crippen molar-refractivity contribution < 1.29 is 24.2 Å². The molecular weight excluding hydrogens is 618 g/mol. The Kier molecular flexibility index (Phi) is 12.2. The predicted octanol–water partition coefficient (Wildman–Crippen LogP) is 6.01. The van der Waals surface area contributed by atoms with Crippen LogP contribution in [0, 0.1) is 6.92 Å². The van der Waals surface area contributed by atoms with E-state index in [-0.39, 0.29) is 36.9 Å². The maximum atomic E-state index is 14.5. The summed E-state index contributed by atoms with van der Waals surface area (Å²) < 4.78 is 7.08. The number of benzene rings is 2. The number of aryl methyl sites for hydroxylation is 1. The van der Waals surface area contributed by atoms with Gasteiger partial charge in [-0.1, -0.05) is 69.2 Å². The van der Waals surface area contributed by atoms with Gasteiger partial charge in [-0.2, -0.15) is 5.10 Å². The Morgan fingerprint density at radius 3 is 2.47 bits per heavy atom. The molecule has 0 spiro atoms. The van der Waals surface area contributed by atoms with Gasteiger partial charge in [0, 0.05) is 38.1 Å². The third-order valence-corrected chi connectivity index (χ3v) is 9.29. The van der Waals surface area contributed by atoms with Gasteiger partial charge >= 0.3 is 0 Å². The first-order valence-corrected chi connectivity index (χ1v) is 17.4. The third-order valence-electron chi connectivity index (χ3n) is 9.29. The molecule has 2 heterocycles. The average molecular weight is 668 g/mol. The molecule has 2 aromatic carbocycles. The van der Waals surface area contributed by atoms with Crippen molar-refractivity contribution in [2.24, 2.45) is 0 Å². The fourth-order valence-electron chi connectivity index (χ4n) is 6.50. The molecule has 0 radical (unpaired) electrons. The summed E-state index contributed by atoms with van der Waals surface area (Å²) in [7, 11) is 1.65. The molecule has 0 saturated heterocycles. The zero-order valence-electron chi connectivity index (χ0n) is 29.2. The van der Waals surface area contributed by atoms with Crippen molar-refractivity contribution in [3.05, 3.63) is 100 Å². The standard InChI is InChI=1S/C39H49N5O5/c1-5-7-18-42(19-8-6-2)39(48)35-20-27(3)44(41-35)36-17-16-31(40-37(46)22-28-12-11-15-33(21-28)49-4)24-34(36)38(47)43-25-30-14-10-9-13-29(30)23-32(43)26-45/h9-14,16-17,20-21,24,32-33,45H,5-8,15,18-19,22-23,25-26H2,1-4H3,(H,40,46)/t32-,33?/m0/s1. The van der Waals surface area contributed by atoms with Crippen LogP contribution < -0.4 is 5.32 Å². The van der Waals surface area contributed by atoms with Crippen LogP contribution in [0.3, 0.4) is 0 Å². The van der Waals surface area contributed by atoms with Gasteiger partial charge in [0.15, 0.2) is 5.69 Å². The first-order valence-electron chi connectivity index (χ1n) is 17.4. The highest BCUT2D eigenvalue weighted by Gasteiger charge is 2.32. The van der Waals surface area contributed by atoms with Gasteiger partial charge in [-0.15, -0.1) is 0 Å². The summed E-state index contributed by atoms with van der Waals surface area (Å²) in [5.41, 5.74) is 5.28. The number of ether oxygens (including phenoxy) is 1. The van der Waals surface area contributed by atoms with Crippen molar-refractivity contribution >= 4 is 23.4 Å². The number of methoxy groups -OCH3 is 1. The molecule has 260 valence electrons. The number of aliphatic hydroxyl groups is 1. The molecule has 3 amide bonds. The molecule has 2 aliphatic rings. The number of allylic oxidation sites excluding steroid dienone is 1. The SMILES string of the molecule is CCCCN(CCCC)C(=O)c1cc(C)n(-c2ccc(NC(=O)CC3=CC(OC)CC=C3)cc2C(=O)N2Cc3ccccc3C[C@H]2CO)n1. The summed E-state index contributed by atoms with van der Waals surface area (Å²) in [6.45, 7) is 7.55. The smallest absolute Gasteiger partial charge is 0.274 e. The fraction of sp³-hybridized carbons (Fsp3) is 0.436. The molecule has 1 aromatic heterocycles. The van der Waals surface area contributed by atoms with E-state index in [2.05, 4.69) is 19.2 Å². The van der Waals surface area contributed by atoms with Crippen molar-refractivity contribution in [1.29, 1.82) is 0 Å². The van der Waals surface area contributed by atoms with E-state index in [1.807, 2.05) is 54.3 Å². The number of unbranched alkanes of at least 4 members (excludes halogenated alkanes) is 2. The molecule has 5 rings (SSSR count). The van der Waals surface area contributed by atoms with Crippen LogP contribution >= 0.6 is 0 Å². The van der Waals surface area contributed by atoms with Crippen molar-refractivity contribution in [1.82, 2.24) is 19.6 Å². The van der Waals surface area contributed by atoms with E-state index in [9.17, 15) is 19.5 Å². The Bertz CT molecular complexity index is 1700. The highest BCUT2D eigenvalue weighted by atomic mass is 16.5. The fourth-order valence-corrected chi connectivity index (χ4v) is 6.50. The lowest BCUT2D eigenvalue weighted by Gasteiger charge is -2.36. The number of aromatic nitrogens is 2. The second kappa shape index (κ2) is 16.7. The van der Waals surface area contributed by atoms with E-state index in [4.69, 9.17) is 9.84 Å². The molecule has 1 aliphatic carbocycles. The van der Waals surface area contributed by atoms with E-state index >= 15 is 0 Å². The Morgan fingerprint density at radius 1 is 1.04 bits per heavy atom. The lowest BCUT2D eigenvalue weighted by Crippen LogP contribution is -2.46. The number of fused-ring (bicyclic) bond motifs is 1. The Hall–Kier alpha value is -4.54. The predicted molar refractivity (Wildman–Crippen MR) is 191 cm³/mol. The number of carbonyl (C=O) groups is 3. The minimum Gasteiger partial charge on any atom is -0.394 e. The Morgan fingerprint density at radius 2 is 1.78 bits per heavy atom. The number of anilines is 1. The van der Waals surface area contributed by atoms with Crippen molar-refractivity contribution in [3.63, 3.8) is 0 Å². The summed E-state index contributed by atoms with van der Waals surface area (Å²) in [6.07, 6.45) is 11.0. The molecule has 0 bridgehead atoms. The molecule has 1 aliphatic heterocycles. The number of carbonyl (C=O) groups excluding carboxylic acids is 3. The molecule has 3 aromatic rings. The average Bonchev–Trinajstić information content (AvgIpc) is 3.51. The quantitative estimate of drug-likeness (QED) is 0.218. The molecule has 0 fully saturated rings. The summed E-state index contributed by atoms with van der Waals surface area (Å²) in [5.74, 6) is -0.646. The van der Waals surface area contributed by atoms with Crippen molar-refractivity contribution in [2.75, 3.05) is 32.1 Å². The van der Waals surface area contributed by atoms with E-state index in [1.54, 1.807) is 41.0 Å². The molecule has 10 nitrogen and oxygen atoms in total. The lowest BCUT2D eigenvalue weighted by molar-refractivity contribution is -0.115. The van der Waals surface area contributed by atoms with Crippen molar-refractivity contribution in [2.45, 2.75) is 84.4 Å². The molecule has 1 unspecified atom stereocenters. The number of nitrogens with zero attached hydrogens (tertiary/aromatic N) is 4. The van der Waals surface area contributed by atoms with E-state index < -0.39 is 6.04 Å². The first-order chi connectivity index (χ1) is 23.8. The molecular formula is C39H49N5O5. The Labute approximate surface area is 289 Å². The minimum atomic E-state index is -0.422. The van der Waals surface area contributed by atoms with Gasteiger partial charge in [-0.3, -0.25) is 14.4 Å². The van der Waals surface area contributed by atoms with Crippen LogP contribution in [0.2, 0.25) is 0 Å². The monoisotopic (exact) mass is 667 g/mol. The van der Waals surface area contributed by atoms with Gasteiger partial charge in [-0.05, 0) is 73.6 Å². The van der Waals surface area contributed by atoms with Gasteiger partial charge < -0.3 is 25.0 Å². The van der Waals surface area contributed by atoms with Crippen LogP contribution in [-0.4, -0.2) is 81.4 Å². The number of nitrogens with one attached hydrogen (secondary N) is 1. The van der Waals surface area contributed by atoms with Crippen LogP contribution in [0.4, 0.5) is 5.69 Å². The Balaban J connectivity index is 1.50. The van der Waals surface area contributed by atoms with Gasteiger partial charge in [0.1, 0.15) is 0 Å². The zero-order valence-corrected chi connectivity index (χ0v) is 29.2. The van der Waals surface area contributed by atoms with Crippen LogP contribution in [0.15, 0.2) is 72.3 Å². The van der Waals surface area contributed by atoms with Gasteiger partial charge in [0.05, 0.1) is 36.4 Å². The second-order valence-electron chi connectivity index (χ2n) is 12.9. The number of rotatable bonds is 14. The third kappa shape index (κ3) is 8.55. The lowest BCUT2D eigenvalue weighted by atomic mass is 9.93. The van der Waals surface area contributed by atoms with Gasteiger partial charge in [-0.25, -0.2) is 4.68 Å². The number of hydrogen-bond donors (Lipinski definition) is 2. The summed E-state index contributed by atoms with van der Waals surface area (Å²) in [4.78, 5) is 45.0.